The van der Waals surface area contributed by atoms with Gasteiger partial charge in [-0.05, 0) is 13.0 Å². The topological polar surface area (TPSA) is 70.1 Å². The number of carbonyl (C=O) groups is 2. The van der Waals surface area contributed by atoms with E-state index < -0.39 is 11.9 Å². The van der Waals surface area contributed by atoms with Gasteiger partial charge in [-0.2, -0.15) is 0 Å². The van der Waals surface area contributed by atoms with Crippen LogP contribution in [0.3, 0.4) is 0 Å². The standard InChI is InChI=1S/C11H20N2O4/c1-2-3-12-4-6-13(7-5-12)8-9-17-11(16)10(14)15/h2-9H2,1H3,(H,14,15). The van der Waals surface area contributed by atoms with E-state index in [0.29, 0.717) is 6.54 Å². The first-order valence-corrected chi connectivity index (χ1v) is 5.98. The van der Waals surface area contributed by atoms with Crippen LogP contribution < -0.4 is 0 Å². The van der Waals surface area contributed by atoms with E-state index in [4.69, 9.17) is 5.11 Å². The van der Waals surface area contributed by atoms with Crippen LogP contribution in [0.4, 0.5) is 0 Å². The Hall–Kier alpha value is -1.14. The predicted octanol–water partition coefficient (Wildman–Crippen LogP) is -0.358. The highest BCUT2D eigenvalue weighted by atomic mass is 16.6. The number of esters is 1. The molecule has 0 aliphatic carbocycles. The number of ether oxygens (including phenoxy) is 1. The minimum atomic E-state index is -1.53. The molecule has 17 heavy (non-hydrogen) atoms. The summed E-state index contributed by atoms with van der Waals surface area (Å²) < 4.78 is 4.59. The van der Waals surface area contributed by atoms with E-state index in [-0.39, 0.29) is 6.61 Å². The Morgan fingerprint density at radius 1 is 1.12 bits per heavy atom. The molecule has 0 aromatic heterocycles. The van der Waals surface area contributed by atoms with Gasteiger partial charge in [-0.15, -0.1) is 0 Å². The number of rotatable bonds is 5. The normalized spacial score (nSPS) is 17.9. The molecule has 0 unspecified atom stereocenters. The van der Waals surface area contributed by atoms with Crippen LogP contribution in [0.25, 0.3) is 0 Å². The third kappa shape index (κ3) is 5.14. The zero-order valence-corrected chi connectivity index (χ0v) is 10.2. The van der Waals surface area contributed by atoms with E-state index in [2.05, 4.69) is 21.5 Å². The molecule has 0 spiro atoms. The predicted molar refractivity (Wildman–Crippen MR) is 61.8 cm³/mol. The van der Waals surface area contributed by atoms with Gasteiger partial charge in [-0.1, -0.05) is 6.92 Å². The summed E-state index contributed by atoms with van der Waals surface area (Å²) in [4.78, 5) is 25.5. The lowest BCUT2D eigenvalue weighted by Gasteiger charge is -2.34. The van der Waals surface area contributed by atoms with Gasteiger partial charge in [0, 0.05) is 32.7 Å². The Balaban J connectivity index is 2.10. The lowest BCUT2D eigenvalue weighted by atomic mass is 10.3. The van der Waals surface area contributed by atoms with Crippen molar-refractivity contribution < 1.29 is 19.4 Å². The Kier molecular flexibility index (Phi) is 5.93. The molecule has 1 saturated heterocycles. The molecule has 1 rings (SSSR count). The maximum atomic E-state index is 10.7. The molecule has 0 radical (unpaired) electrons. The van der Waals surface area contributed by atoms with Gasteiger partial charge in [0.05, 0.1) is 0 Å². The van der Waals surface area contributed by atoms with Crippen molar-refractivity contribution in [2.24, 2.45) is 0 Å². The summed E-state index contributed by atoms with van der Waals surface area (Å²) in [5, 5.41) is 8.32. The molecule has 1 N–H and O–H groups in total. The highest BCUT2D eigenvalue weighted by molar-refractivity contribution is 6.28. The van der Waals surface area contributed by atoms with Crippen LogP contribution in [0.2, 0.25) is 0 Å². The molecule has 0 saturated carbocycles. The average molecular weight is 244 g/mol. The summed E-state index contributed by atoms with van der Waals surface area (Å²) in [5.41, 5.74) is 0. The van der Waals surface area contributed by atoms with Crippen molar-refractivity contribution in [2.75, 3.05) is 45.9 Å². The number of nitrogens with zero attached hydrogens (tertiary/aromatic N) is 2. The van der Waals surface area contributed by atoms with E-state index in [9.17, 15) is 9.59 Å². The second kappa shape index (κ2) is 7.24. The van der Waals surface area contributed by atoms with Crippen LogP contribution in [0, 0.1) is 0 Å². The number of carbonyl (C=O) groups excluding carboxylic acids is 1. The number of hydrogen-bond donors (Lipinski definition) is 1. The maximum Gasteiger partial charge on any atom is 0.417 e. The zero-order valence-electron chi connectivity index (χ0n) is 10.2. The van der Waals surface area contributed by atoms with E-state index in [1.54, 1.807) is 0 Å². The Morgan fingerprint density at radius 2 is 1.65 bits per heavy atom. The van der Waals surface area contributed by atoms with Crippen molar-refractivity contribution in [1.29, 1.82) is 0 Å². The molecule has 0 atom stereocenters. The molecule has 98 valence electrons. The lowest BCUT2D eigenvalue weighted by Crippen LogP contribution is -2.47. The number of carboxylic acid groups (broad SMARTS) is 1. The second-order valence-electron chi connectivity index (χ2n) is 4.12. The molecule has 1 aliphatic rings. The minimum Gasteiger partial charge on any atom is -0.473 e. The Morgan fingerprint density at radius 3 is 2.12 bits per heavy atom. The molecule has 6 nitrogen and oxygen atoms in total. The Labute approximate surface area is 101 Å². The molecular weight excluding hydrogens is 224 g/mol. The second-order valence-corrected chi connectivity index (χ2v) is 4.12. The molecule has 0 amide bonds. The van der Waals surface area contributed by atoms with E-state index >= 15 is 0 Å². The van der Waals surface area contributed by atoms with Crippen LogP contribution in [-0.4, -0.2) is 72.7 Å². The first-order valence-electron chi connectivity index (χ1n) is 5.98. The number of hydrogen-bond acceptors (Lipinski definition) is 5. The van der Waals surface area contributed by atoms with Crippen molar-refractivity contribution >= 4 is 11.9 Å². The van der Waals surface area contributed by atoms with Crippen molar-refractivity contribution in [2.45, 2.75) is 13.3 Å². The van der Waals surface area contributed by atoms with Gasteiger partial charge in [-0.3, -0.25) is 4.90 Å². The molecule has 0 aromatic rings. The van der Waals surface area contributed by atoms with E-state index in [0.717, 1.165) is 39.1 Å². The van der Waals surface area contributed by atoms with Gasteiger partial charge in [0.1, 0.15) is 6.61 Å². The minimum absolute atomic E-state index is 0.152. The van der Waals surface area contributed by atoms with Gasteiger partial charge in [0.25, 0.3) is 0 Å². The molecule has 0 bridgehead atoms. The first kappa shape index (κ1) is 13.9. The molecule has 1 heterocycles. The summed E-state index contributed by atoms with van der Waals surface area (Å²) in [7, 11) is 0. The van der Waals surface area contributed by atoms with Crippen LogP contribution in [-0.2, 0) is 14.3 Å². The fraction of sp³-hybridized carbons (Fsp3) is 0.818. The summed E-state index contributed by atoms with van der Waals surface area (Å²) in [6.45, 7) is 8.01. The fourth-order valence-electron chi connectivity index (χ4n) is 1.88. The SMILES string of the molecule is CCCN1CCN(CCOC(=O)C(=O)O)CC1. The first-order chi connectivity index (χ1) is 8.13. The summed E-state index contributed by atoms with van der Waals surface area (Å²) in [6, 6.07) is 0. The zero-order chi connectivity index (χ0) is 12.7. The molecule has 0 aromatic carbocycles. The van der Waals surface area contributed by atoms with Crippen LogP contribution >= 0.6 is 0 Å². The summed E-state index contributed by atoms with van der Waals surface area (Å²) >= 11 is 0. The average Bonchev–Trinajstić information content (AvgIpc) is 2.31. The summed E-state index contributed by atoms with van der Waals surface area (Å²) in [6.07, 6.45) is 1.16. The lowest BCUT2D eigenvalue weighted by molar-refractivity contribution is -0.164. The molecule has 1 aliphatic heterocycles. The van der Waals surface area contributed by atoms with Gasteiger partial charge in [0.15, 0.2) is 0 Å². The van der Waals surface area contributed by atoms with Crippen LogP contribution in [0.5, 0.6) is 0 Å². The molecule has 1 fully saturated rings. The third-order valence-corrected chi connectivity index (χ3v) is 2.82. The van der Waals surface area contributed by atoms with Crippen LogP contribution in [0.1, 0.15) is 13.3 Å². The quantitative estimate of drug-likeness (QED) is 0.526. The van der Waals surface area contributed by atoms with Gasteiger partial charge < -0.3 is 14.7 Å². The highest BCUT2D eigenvalue weighted by Gasteiger charge is 2.17. The van der Waals surface area contributed by atoms with Crippen molar-refractivity contribution in [1.82, 2.24) is 9.80 Å². The maximum absolute atomic E-state index is 10.7. The Bertz CT molecular complexity index is 262. The smallest absolute Gasteiger partial charge is 0.417 e. The third-order valence-electron chi connectivity index (χ3n) is 2.82. The van der Waals surface area contributed by atoms with Gasteiger partial charge in [0.2, 0.25) is 0 Å². The van der Waals surface area contributed by atoms with E-state index in [1.165, 1.54) is 0 Å². The highest BCUT2D eigenvalue weighted by Crippen LogP contribution is 2.01. The van der Waals surface area contributed by atoms with E-state index in [1.807, 2.05) is 0 Å². The van der Waals surface area contributed by atoms with Crippen molar-refractivity contribution in [3.05, 3.63) is 0 Å². The fourth-order valence-corrected chi connectivity index (χ4v) is 1.88. The molecule has 6 heteroatoms. The molecular formula is C11H20N2O4. The monoisotopic (exact) mass is 244 g/mol. The van der Waals surface area contributed by atoms with Gasteiger partial charge >= 0.3 is 11.9 Å². The van der Waals surface area contributed by atoms with Crippen molar-refractivity contribution in [3.8, 4) is 0 Å². The number of piperazine rings is 1. The number of carboxylic acids is 1. The number of aliphatic carboxylic acids is 1. The largest absolute Gasteiger partial charge is 0.473 e. The van der Waals surface area contributed by atoms with Gasteiger partial charge in [-0.25, -0.2) is 9.59 Å². The summed E-state index contributed by atoms with van der Waals surface area (Å²) in [5.74, 6) is -2.70. The van der Waals surface area contributed by atoms with Crippen LogP contribution in [0.15, 0.2) is 0 Å². The van der Waals surface area contributed by atoms with Crippen molar-refractivity contribution in [3.63, 3.8) is 0 Å².